The fourth-order valence-electron chi connectivity index (χ4n) is 7.42. The number of hydrogen-bond donors (Lipinski definition) is 3. The molecule has 2 aromatic carbocycles. The molecule has 3 aliphatic rings. The summed E-state index contributed by atoms with van der Waals surface area (Å²) >= 11 is 3.73. The zero-order valence-electron chi connectivity index (χ0n) is 26.7. The summed E-state index contributed by atoms with van der Waals surface area (Å²) in [6.45, 7) is 12.0. The maximum atomic E-state index is 14.5. The first-order valence-corrected chi connectivity index (χ1v) is 17.0. The molecular weight excluding hydrogens is 640 g/mol. The Morgan fingerprint density at radius 2 is 1.64 bits per heavy atom. The third kappa shape index (κ3) is 5.94. The van der Waals surface area contributed by atoms with Gasteiger partial charge in [0.05, 0.1) is 37.2 Å². The number of anilines is 3. The van der Waals surface area contributed by atoms with Crippen molar-refractivity contribution in [2.75, 3.05) is 41.8 Å². The van der Waals surface area contributed by atoms with Crippen LogP contribution in [0.3, 0.4) is 0 Å². The van der Waals surface area contributed by atoms with Gasteiger partial charge in [-0.05, 0) is 81.6 Å². The molecule has 3 N–H and O–H groups in total. The summed E-state index contributed by atoms with van der Waals surface area (Å²) in [5, 5.41) is 16.6. The molecule has 3 aliphatic heterocycles. The summed E-state index contributed by atoms with van der Waals surface area (Å²) in [7, 11) is 0. The number of alkyl halides is 1. The number of likely N-dealkylation sites (tertiary alicyclic amines) is 1. The van der Waals surface area contributed by atoms with E-state index in [-0.39, 0.29) is 29.2 Å². The third-order valence-corrected chi connectivity index (χ3v) is 10.7. The first-order valence-electron chi connectivity index (χ1n) is 16.1. The maximum absolute atomic E-state index is 14.5. The van der Waals surface area contributed by atoms with Crippen LogP contribution in [0, 0.1) is 17.8 Å². The summed E-state index contributed by atoms with van der Waals surface area (Å²) in [6.07, 6.45) is 0.485. The van der Waals surface area contributed by atoms with Crippen LogP contribution in [0.1, 0.15) is 47.5 Å². The molecule has 244 valence electrons. The van der Waals surface area contributed by atoms with Crippen LogP contribution in [0.4, 0.5) is 17.1 Å². The van der Waals surface area contributed by atoms with Gasteiger partial charge in [-0.25, -0.2) is 0 Å². The number of carbonyl (C=O) groups excluding carboxylic acids is 3. The third-order valence-electron chi connectivity index (χ3n) is 9.82. The maximum Gasteiger partial charge on any atom is 0.250 e. The number of benzene rings is 2. The molecule has 10 nitrogen and oxygen atoms in total. The Morgan fingerprint density at radius 1 is 1.04 bits per heavy atom. The molecule has 0 radical (unpaired) electrons. The highest BCUT2D eigenvalue weighted by molar-refractivity contribution is 9.09. The number of nitrogens with zero attached hydrogens (tertiary/aromatic N) is 2. The van der Waals surface area contributed by atoms with E-state index in [0.717, 1.165) is 18.8 Å². The minimum Gasteiger partial charge on any atom is -0.494 e. The number of aliphatic hydroxyl groups is 1. The highest BCUT2D eigenvalue weighted by Crippen LogP contribution is 2.60. The predicted octanol–water partition coefficient (Wildman–Crippen LogP) is 4.66. The van der Waals surface area contributed by atoms with Crippen LogP contribution in [0.25, 0.3) is 0 Å². The van der Waals surface area contributed by atoms with E-state index < -0.39 is 41.5 Å². The van der Waals surface area contributed by atoms with Crippen molar-refractivity contribution in [1.29, 1.82) is 0 Å². The second-order valence-corrected chi connectivity index (χ2v) is 13.4. The number of nitrogens with one attached hydrogen (secondary N) is 2. The van der Waals surface area contributed by atoms with Crippen LogP contribution in [0.2, 0.25) is 0 Å². The van der Waals surface area contributed by atoms with Gasteiger partial charge < -0.3 is 35.0 Å². The van der Waals surface area contributed by atoms with Crippen LogP contribution in [-0.4, -0.2) is 82.6 Å². The van der Waals surface area contributed by atoms with E-state index in [1.54, 1.807) is 24.3 Å². The fraction of sp³-hybridized carbons (Fsp3) is 0.559. The van der Waals surface area contributed by atoms with Crippen LogP contribution >= 0.6 is 15.9 Å². The van der Waals surface area contributed by atoms with Crippen molar-refractivity contribution in [2.45, 2.75) is 76.1 Å². The lowest BCUT2D eigenvalue weighted by atomic mass is 9.70. The molecular formula is C34H45BrN4O6. The summed E-state index contributed by atoms with van der Waals surface area (Å²) in [5.41, 5.74) is 0.986. The fourth-order valence-corrected chi connectivity index (χ4v) is 8.36. The van der Waals surface area contributed by atoms with Crippen molar-refractivity contribution in [1.82, 2.24) is 4.90 Å². The molecule has 3 unspecified atom stereocenters. The lowest BCUT2D eigenvalue weighted by Crippen LogP contribution is -2.57. The summed E-state index contributed by atoms with van der Waals surface area (Å²) in [4.78, 5) is 46.2. The summed E-state index contributed by atoms with van der Waals surface area (Å²) in [6, 6.07) is 13.1. The monoisotopic (exact) mass is 684 g/mol. The molecule has 3 fully saturated rings. The van der Waals surface area contributed by atoms with Crippen molar-refractivity contribution in [3.05, 3.63) is 48.5 Å². The largest absolute Gasteiger partial charge is 0.494 e. The van der Waals surface area contributed by atoms with Crippen LogP contribution in [0.15, 0.2) is 48.5 Å². The van der Waals surface area contributed by atoms with Gasteiger partial charge in [0.25, 0.3) is 0 Å². The Bertz CT molecular complexity index is 1370. The van der Waals surface area contributed by atoms with Crippen LogP contribution in [-0.2, 0) is 19.1 Å². The minimum absolute atomic E-state index is 0.0917. The molecule has 11 heteroatoms. The average molecular weight is 686 g/mol. The average Bonchev–Trinajstić information content (AvgIpc) is 3.63. The van der Waals surface area contributed by atoms with Gasteiger partial charge in [-0.2, -0.15) is 0 Å². The van der Waals surface area contributed by atoms with E-state index >= 15 is 0 Å². The predicted molar refractivity (Wildman–Crippen MR) is 178 cm³/mol. The van der Waals surface area contributed by atoms with Crippen molar-refractivity contribution >= 4 is 50.7 Å². The number of rotatable bonds is 13. The number of halogens is 1. The first-order chi connectivity index (χ1) is 21.6. The minimum atomic E-state index is -1.23. The molecule has 0 saturated carbocycles. The lowest BCUT2D eigenvalue weighted by Gasteiger charge is -2.38. The van der Waals surface area contributed by atoms with Gasteiger partial charge in [0.1, 0.15) is 17.4 Å². The summed E-state index contributed by atoms with van der Waals surface area (Å²) in [5.74, 6) is -2.17. The lowest BCUT2D eigenvalue weighted by molar-refractivity contribution is -0.144. The topological polar surface area (TPSA) is 120 Å². The number of fused-ring (bicyclic) bond motifs is 1. The van der Waals surface area contributed by atoms with E-state index in [4.69, 9.17) is 9.47 Å². The number of ether oxygens (including phenoxy) is 2. The van der Waals surface area contributed by atoms with Crippen LogP contribution < -0.4 is 20.3 Å². The van der Waals surface area contributed by atoms with Gasteiger partial charge in [0, 0.05) is 35.0 Å². The van der Waals surface area contributed by atoms with Gasteiger partial charge in [-0.1, -0.05) is 36.2 Å². The van der Waals surface area contributed by atoms with Gasteiger partial charge in [-0.3, -0.25) is 14.4 Å². The molecule has 2 aromatic rings. The molecule has 0 aromatic heterocycles. The Balaban J connectivity index is 1.48. The molecule has 1 spiro atoms. The molecule has 45 heavy (non-hydrogen) atoms. The number of amides is 3. The van der Waals surface area contributed by atoms with Crippen molar-refractivity contribution in [3.8, 4) is 5.75 Å². The van der Waals surface area contributed by atoms with Gasteiger partial charge >= 0.3 is 0 Å². The SMILES string of the molecule is CCOc1ccc(NC(=O)[C@H]2[C@@H]3OC4(CC3Br)C(C(=O)Nc3ccc(N(CC)CC)cc3)N([C@@H](CO)[C@@H](C)CC)C(=O)[C@H]24)cc1. The summed E-state index contributed by atoms with van der Waals surface area (Å²) < 4.78 is 12.2. The molecule has 3 saturated heterocycles. The highest BCUT2D eigenvalue weighted by atomic mass is 79.9. The van der Waals surface area contributed by atoms with E-state index in [1.165, 1.54) is 4.90 Å². The van der Waals surface area contributed by atoms with Crippen molar-refractivity contribution < 1.29 is 29.0 Å². The zero-order valence-corrected chi connectivity index (χ0v) is 28.2. The Kier molecular flexibility index (Phi) is 10.1. The van der Waals surface area contributed by atoms with Gasteiger partial charge in [0.2, 0.25) is 17.7 Å². The highest BCUT2D eigenvalue weighted by Gasteiger charge is 2.77. The van der Waals surface area contributed by atoms with E-state index in [2.05, 4.69) is 45.3 Å². The van der Waals surface area contributed by atoms with E-state index in [1.807, 2.05) is 45.0 Å². The quantitative estimate of drug-likeness (QED) is 0.263. The Hall–Kier alpha value is -3.15. The van der Waals surface area contributed by atoms with Crippen molar-refractivity contribution in [2.24, 2.45) is 17.8 Å². The van der Waals surface area contributed by atoms with Crippen molar-refractivity contribution in [3.63, 3.8) is 0 Å². The number of aliphatic hydroxyl groups excluding tert-OH is 1. The van der Waals surface area contributed by atoms with E-state index in [0.29, 0.717) is 36.6 Å². The number of hydrogen-bond acceptors (Lipinski definition) is 7. The normalized spacial score (nSPS) is 28.0. The Morgan fingerprint density at radius 3 is 2.20 bits per heavy atom. The smallest absolute Gasteiger partial charge is 0.250 e. The number of carbonyl (C=O) groups is 3. The van der Waals surface area contributed by atoms with E-state index in [9.17, 15) is 19.5 Å². The zero-order chi connectivity index (χ0) is 32.5. The van der Waals surface area contributed by atoms with Crippen LogP contribution in [0.5, 0.6) is 5.75 Å². The first kappa shape index (κ1) is 33.2. The van der Waals surface area contributed by atoms with Gasteiger partial charge in [0.15, 0.2) is 0 Å². The Labute approximate surface area is 273 Å². The second kappa shape index (κ2) is 13.7. The molecule has 5 rings (SSSR count). The molecule has 0 aliphatic carbocycles. The molecule has 2 bridgehead atoms. The second-order valence-electron chi connectivity index (χ2n) is 12.2. The van der Waals surface area contributed by atoms with Gasteiger partial charge in [-0.15, -0.1) is 0 Å². The standard InChI is InChI=1S/C34H45BrN4O6/c1-6-20(5)26(19-40)39-30(32(42)37-21-10-14-23(15-11-21)38(7-2)8-3)34-18-25(35)29(45-34)27(28(34)33(39)43)31(41)36-22-12-16-24(17-13-22)44-9-4/h10-17,20,25-30,40H,6-9,18-19H2,1-5H3,(H,36,41)(H,37,42)/t20-,25?,26-,27+,28-,29+,30?,34?/m0/s1. The molecule has 8 atom stereocenters. The molecule has 3 amide bonds. The molecule has 3 heterocycles.